The summed E-state index contributed by atoms with van der Waals surface area (Å²) in [6.45, 7) is 19.3. The average molecular weight is 641 g/mol. The van der Waals surface area contributed by atoms with Crippen molar-refractivity contribution >= 4 is 11.9 Å². The molecule has 1 saturated heterocycles. The third-order valence-electron chi connectivity index (χ3n) is 12.7. The van der Waals surface area contributed by atoms with Gasteiger partial charge in [0.15, 0.2) is 0 Å². The first-order valence-electron chi connectivity index (χ1n) is 17.9. The van der Waals surface area contributed by atoms with Gasteiger partial charge in [-0.15, -0.1) is 0 Å². The van der Waals surface area contributed by atoms with Crippen LogP contribution < -0.4 is 0 Å². The number of hydrogen-bond acceptors (Lipinski definition) is 5. The molecule has 2 heterocycles. The van der Waals surface area contributed by atoms with E-state index in [-0.39, 0.29) is 43.6 Å². The first-order valence-corrected chi connectivity index (χ1v) is 17.9. The molecule has 3 aliphatic carbocycles. The van der Waals surface area contributed by atoms with Gasteiger partial charge in [-0.25, -0.2) is 4.79 Å². The monoisotopic (exact) mass is 641 g/mol. The summed E-state index contributed by atoms with van der Waals surface area (Å²) >= 11 is 0. The number of fused-ring (bicyclic) bond motifs is 5. The third-order valence-corrected chi connectivity index (χ3v) is 12.7. The van der Waals surface area contributed by atoms with Gasteiger partial charge < -0.3 is 14.6 Å². The maximum atomic E-state index is 12.1. The Hall–Kier alpha value is -2.14. The fraction of sp³-hybridized carbons (Fsp3) is 0.756. The number of carbonyl (C=O) groups is 2. The number of rotatable bonds is 9. The summed E-state index contributed by atoms with van der Waals surface area (Å²) in [6, 6.07) is 0. The van der Waals surface area contributed by atoms with Gasteiger partial charge in [0.25, 0.3) is 0 Å². The number of cyclic esters (lactones) is 2. The van der Waals surface area contributed by atoms with E-state index < -0.39 is 0 Å². The van der Waals surface area contributed by atoms with E-state index in [2.05, 4.69) is 73.6 Å². The van der Waals surface area contributed by atoms with Crippen LogP contribution in [0.2, 0.25) is 0 Å². The van der Waals surface area contributed by atoms with Crippen LogP contribution >= 0.6 is 0 Å². The van der Waals surface area contributed by atoms with Gasteiger partial charge in [-0.2, -0.15) is 0 Å². The van der Waals surface area contributed by atoms with Gasteiger partial charge in [-0.3, -0.25) is 4.79 Å². The number of carbonyl (C=O) groups excluding carboxylic acids is 2. The summed E-state index contributed by atoms with van der Waals surface area (Å²) in [7, 11) is 0. The van der Waals surface area contributed by atoms with Gasteiger partial charge >= 0.3 is 11.9 Å². The summed E-state index contributed by atoms with van der Waals surface area (Å²) < 4.78 is 10.4. The van der Waals surface area contributed by atoms with Crippen molar-refractivity contribution in [2.45, 2.75) is 146 Å². The highest BCUT2D eigenvalue weighted by Gasteiger charge is 2.65. The maximum Gasteiger partial charge on any atom is 0.334 e. The van der Waals surface area contributed by atoms with Crippen LogP contribution in [0.3, 0.4) is 0 Å². The highest BCUT2D eigenvalue weighted by atomic mass is 16.5. The average Bonchev–Trinajstić information content (AvgIpc) is 3.56. The number of allylic oxidation sites excluding steroid dienone is 6. The quantitative estimate of drug-likeness (QED) is 0.201. The molecule has 0 radical (unpaired) electrons. The minimum Gasteiger partial charge on any atom is -0.465 e. The van der Waals surface area contributed by atoms with Crippen molar-refractivity contribution in [3.8, 4) is 0 Å². The van der Waals surface area contributed by atoms with Crippen molar-refractivity contribution in [1.29, 1.82) is 0 Å². The first-order chi connectivity index (χ1) is 21.2. The number of esters is 2. The molecule has 1 N–H and O–H groups in total. The summed E-state index contributed by atoms with van der Waals surface area (Å²) in [5.41, 5.74) is 5.65. The SMILES string of the molecule is C.CC(C)=CCC/C(C)=C/CC/C(C)=C/CCC1=CCOC1=O.CC1(C)C(O)CCC2(C)C1CCC1(C)C3COC(=O)C3CCC12.[HH]. The highest BCUT2D eigenvalue weighted by molar-refractivity contribution is 5.90. The number of aliphatic hydroxyl groups excluding tert-OH is 1. The number of ether oxygens (including phenoxy) is 2. The lowest BCUT2D eigenvalue weighted by Gasteiger charge is -2.66. The van der Waals surface area contributed by atoms with E-state index in [0.29, 0.717) is 36.4 Å². The van der Waals surface area contributed by atoms with Gasteiger partial charge in [0.2, 0.25) is 0 Å². The van der Waals surface area contributed by atoms with Crippen molar-refractivity contribution < 1.29 is 25.6 Å². The largest absolute Gasteiger partial charge is 0.465 e. The zero-order valence-electron chi connectivity index (χ0n) is 29.7. The molecule has 5 heteroatoms. The summed E-state index contributed by atoms with van der Waals surface area (Å²) in [5, 5.41) is 10.6. The molecule has 0 amide bonds. The molecule has 5 rings (SSSR count). The van der Waals surface area contributed by atoms with E-state index in [1.165, 1.54) is 29.6 Å². The van der Waals surface area contributed by atoms with Crippen molar-refractivity contribution in [3.63, 3.8) is 0 Å². The molecular formula is C41H68O5. The first kappa shape index (κ1) is 38.3. The Morgan fingerprint density at radius 2 is 1.48 bits per heavy atom. The second-order valence-electron chi connectivity index (χ2n) is 16.3. The molecule has 7 unspecified atom stereocenters. The Balaban J connectivity index is 0.000000314. The van der Waals surface area contributed by atoms with Crippen molar-refractivity contribution in [2.75, 3.05) is 13.2 Å². The molecular weight excluding hydrogens is 572 g/mol. The highest BCUT2D eigenvalue weighted by Crippen LogP contribution is 2.69. The summed E-state index contributed by atoms with van der Waals surface area (Å²) in [5.74, 6) is 1.74. The third kappa shape index (κ3) is 8.28. The van der Waals surface area contributed by atoms with Crippen LogP contribution in [-0.2, 0) is 19.1 Å². The van der Waals surface area contributed by atoms with E-state index in [1.54, 1.807) is 0 Å². The van der Waals surface area contributed by atoms with Crippen molar-refractivity contribution in [3.05, 3.63) is 46.6 Å². The standard InChI is InChI=1S/C20H32O3.C20H30O2.CH4.H2/c1-18(2)14-7-9-19(3)13-11-23-17(22)12(13)5-6-15(19)20(14,4)10-8-16(18)21;1-16(2)8-5-9-17(3)10-6-11-18(4)12-7-13-19-14-15-22-20(19)21;;/h12-16,21H,5-11H2,1-4H3;8,10,12,14H,5-7,9,11,13,15H2,1-4H3;1H4;1H/b;17-10+,18-12+;;. The second kappa shape index (κ2) is 15.8. The molecule has 0 aromatic heterocycles. The molecule has 4 fully saturated rings. The normalized spacial score (nSPS) is 34.8. The lowest BCUT2D eigenvalue weighted by molar-refractivity contribution is -0.196. The Morgan fingerprint density at radius 3 is 2.11 bits per heavy atom. The van der Waals surface area contributed by atoms with Crippen molar-refractivity contribution in [1.82, 2.24) is 0 Å². The molecule has 7 atom stereocenters. The molecule has 262 valence electrons. The van der Waals surface area contributed by atoms with Crippen molar-refractivity contribution in [2.24, 2.45) is 39.9 Å². The van der Waals surface area contributed by atoms with E-state index in [9.17, 15) is 14.7 Å². The number of aliphatic hydroxyl groups is 1. The molecule has 0 spiro atoms. The lowest BCUT2D eigenvalue weighted by atomic mass is 9.38. The molecule has 5 nitrogen and oxygen atoms in total. The van der Waals surface area contributed by atoms with Crippen LogP contribution in [0.25, 0.3) is 0 Å². The molecule has 5 aliphatic rings. The zero-order chi connectivity index (χ0) is 33.0. The Labute approximate surface area is 282 Å². The minimum absolute atomic E-state index is 0. The Morgan fingerprint density at radius 1 is 0.848 bits per heavy atom. The molecule has 3 saturated carbocycles. The molecule has 0 aromatic rings. The summed E-state index contributed by atoms with van der Waals surface area (Å²) in [4.78, 5) is 23.4. The minimum atomic E-state index is -0.169. The van der Waals surface area contributed by atoms with Gasteiger partial charge in [-0.05, 0) is 139 Å². The van der Waals surface area contributed by atoms with Crippen LogP contribution in [0.1, 0.15) is 141 Å². The summed E-state index contributed by atoms with van der Waals surface area (Å²) in [6.07, 6.45) is 21.5. The van der Waals surface area contributed by atoms with Crippen LogP contribution in [0.15, 0.2) is 46.6 Å². The zero-order valence-corrected chi connectivity index (χ0v) is 29.7. The fourth-order valence-corrected chi connectivity index (χ4v) is 9.97. The molecule has 0 aromatic carbocycles. The fourth-order valence-electron chi connectivity index (χ4n) is 9.97. The van der Waals surface area contributed by atoms with E-state index >= 15 is 0 Å². The lowest BCUT2D eigenvalue weighted by Crippen LogP contribution is -2.61. The van der Waals surface area contributed by atoms with Gasteiger partial charge in [0.05, 0.1) is 18.6 Å². The van der Waals surface area contributed by atoms with Gasteiger partial charge in [0, 0.05) is 12.9 Å². The van der Waals surface area contributed by atoms with Crippen LogP contribution in [0.4, 0.5) is 0 Å². The molecule has 46 heavy (non-hydrogen) atoms. The Bertz CT molecular complexity index is 1210. The van der Waals surface area contributed by atoms with Crippen LogP contribution in [0, 0.1) is 39.9 Å². The van der Waals surface area contributed by atoms with Gasteiger partial charge in [-0.1, -0.05) is 70.1 Å². The number of hydrogen-bond donors (Lipinski definition) is 1. The molecule has 2 aliphatic heterocycles. The molecule has 0 bridgehead atoms. The van der Waals surface area contributed by atoms with Gasteiger partial charge in [0.1, 0.15) is 6.61 Å². The predicted molar refractivity (Wildman–Crippen MR) is 191 cm³/mol. The maximum absolute atomic E-state index is 12.1. The second-order valence-corrected chi connectivity index (χ2v) is 16.3. The van der Waals surface area contributed by atoms with E-state index in [1.807, 2.05) is 6.08 Å². The topological polar surface area (TPSA) is 72.8 Å². The van der Waals surface area contributed by atoms with E-state index in [0.717, 1.165) is 69.8 Å². The Kier molecular flexibility index (Phi) is 13.2. The van der Waals surface area contributed by atoms with Crippen LogP contribution in [0.5, 0.6) is 0 Å². The smallest absolute Gasteiger partial charge is 0.334 e. The van der Waals surface area contributed by atoms with E-state index in [4.69, 9.17) is 9.47 Å². The van der Waals surface area contributed by atoms with Crippen LogP contribution in [-0.4, -0.2) is 36.4 Å². The predicted octanol–water partition coefficient (Wildman–Crippen LogP) is 10.3.